The van der Waals surface area contributed by atoms with E-state index in [0.29, 0.717) is 27.5 Å². The lowest BCUT2D eigenvalue weighted by molar-refractivity contribution is -0.385. The van der Waals surface area contributed by atoms with E-state index in [0.717, 1.165) is 0 Å². The van der Waals surface area contributed by atoms with Crippen LogP contribution in [-0.2, 0) is 11.2 Å². The third kappa shape index (κ3) is 3.17. The largest absolute Gasteiger partial charge is 0.612 e. The summed E-state index contributed by atoms with van der Waals surface area (Å²) in [7, 11) is 0. The average Bonchev–Trinajstić information content (AvgIpc) is 2.43. The van der Waals surface area contributed by atoms with Gasteiger partial charge in [-0.25, -0.2) is 0 Å². The Labute approximate surface area is 125 Å². The fourth-order valence-electron chi connectivity index (χ4n) is 2.12. The molecule has 0 heterocycles. The first-order valence-electron chi connectivity index (χ1n) is 6.26. The van der Waals surface area contributed by atoms with Gasteiger partial charge in [0.2, 0.25) is 0 Å². The highest BCUT2D eigenvalue weighted by molar-refractivity contribution is 7.90. The van der Waals surface area contributed by atoms with E-state index in [1.807, 2.05) is 6.07 Å². The Morgan fingerprint density at radius 2 is 1.81 bits per heavy atom. The number of para-hydroxylation sites is 1. The molecule has 1 atom stereocenters. The predicted molar refractivity (Wildman–Crippen MR) is 81.4 cm³/mol. The molecule has 0 spiro atoms. The van der Waals surface area contributed by atoms with Crippen molar-refractivity contribution < 1.29 is 14.2 Å². The van der Waals surface area contributed by atoms with Gasteiger partial charge in [-0.3, -0.25) is 10.1 Å². The van der Waals surface area contributed by atoms with Crippen LogP contribution >= 0.6 is 0 Å². The molecule has 21 heavy (non-hydrogen) atoms. The van der Waals surface area contributed by atoms with Crippen molar-refractivity contribution in [2.45, 2.75) is 18.7 Å². The first kappa shape index (κ1) is 15.3. The predicted octanol–water partition coefficient (Wildman–Crippen LogP) is 3.74. The normalized spacial score (nSPS) is 12.0. The zero-order chi connectivity index (χ0) is 15.6. The van der Waals surface area contributed by atoms with Crippen LogP contribution in [0, 0.1) is 24.0 Å². The molecule has 0 N–H and O–H groups in total. The van der Waals surface area contributed by atoms with Gasteiger partial charge in [0.25, 0.3) is 5.69 Å². The van der Waals surface area contributed by atoms with Crippen molar-refractivity contribution in [3.63, 3.8) is 0 Å². The smallest absolute Gasteiger partial charge is 0.276 e. The number of hydrogen-bond donors (Lipinski definition) is 0. The Morgan fingerprint density at radius 1 is 1.19 bits per heavy atom. The summed E-state index contributed by atoms with van der Waals surface area (Å²) in [5.41, 5.74) is 0.923. The molecule has 6 heteroatoms. The minimum absolute atomic E-state index is 0.0346. The summed E-state index contributed by atoms with van der Waals surface area (Å²) in [4.78, 5) is 11.2. The molecule has 0 aliphatic carbocycles. The fourth-order valence-corrected chi connectivity index (χ4v) is 3.09. The molecule has 110 valence electrons. The van der Waals surface area contributed by atoms with Crippen LogP contribution in [0.15, 0.2) is 41.3 Å². The minimum atomic E-state index is -1.31. The van der Waals surface area contributed by atoms with Gasteiger partial charge in [-0.2, -0.15) is 0 Å². The standard InChI is InChI=1S/C15H15NO4S/c1-10-9-13(16(17)18)11(2)14(15(10)21(3)19)20-12-7-5-4-6-8-12/h4-9H,1-3H3. The Hall–Kier alpha value is -2.05. The van der Waals surface area contributed by atoms with E-state index in [-0.39, 0.29) is 5.69 Å². The maximum absolute atomic E-state index is 12.0. The molecule has 1 unspecified atom stereocenters. The second kappa shape index (κ2) is 6.15. The molecule has 0 aromatic heterocycles. The number of nitro groups is 1. The molecule has 0 radical (unpaired) electrons. The van der Waals surface area contributed by atoms with E-state index < -0.39 is 16.1 Å². The highest BCUT2D eigenvalue weighted by atomic mass is 32.2. The third-order valence-electron chi connectivity index (χ3n) is 3.09. The molecule has 5 nitrogen and oxygen atoms in total. The summed E-state index contributed by atoms with van der Waals surface area (Å²) in [5.74, 6) is 0.848. The molecule has 2 aromatic rings. The highest BCUT2D eigenvalue weighted by Crippen LogP contribution is 2.39. The van der Waals surface area contributed by atoms with Gasteiger partial charge in [-0.15, -0.1) is 0 Å². The molecular formula is C15H15NO4S. The van der Waals surface area contributed by atoms with Crippen molar-refractivity contribution in [1.82, 2.24) is 0 Å². The van der Waals surface area contributed by atoms with Crippen molar-refractivity contribution in [3.05, 3.63) is 57.6 Å². The first-order chi connectivity index (χ1) is 9.91. The summed E-state index contributed by atoms with van der Waals surface area (Å²) in [6.45, 7) is 3.30. The number of rotatable bonds is 4. The maximum Gasteiger partial charge on any atom is 0.276 e. The third-order valence-corrected chi connectivity index (χ3v) is 4.17. The fraction of sp³-hybridized carbons (Fsp3) is 0.200. The van der Waals surface area contributed by atoms with E-state index in [4.69, 9.17) is 4.74 Å². The molecule has 2 rings (SSSR count). The molecular weight excluding hydrogens is 290 g/mol. The molecule has 0 aliphatic rings. The minimum Gasteiger partial charge on any atom is -0.612 e. The van der Waals surface area contributed by atoms with Crippen LogP contribution in [0.2, 0.25) is 0 Å². The zero-order valence-corrected chi connectivity index (χ0v) is 12.8. The number of hydrogen-bond acceptors (Lipinski definition) is 4. The van der Waals surface area contributed by atoms with Crippen molar-refractivity contribution in [2.24, 2.45) is 0 Å². The van der Waals surface area contributed by atoms with Gasteiger partial charge in [-0.05, 0) is 37.2 Å². The van der Waals surface area contributed by atoms with Crippen LogP contribution in [0.25, 0.3) is 0 Å². The summed E-state index contributed by atoms with van der Waals surface area (Å²) in [5, 5.41) is 11.1. The first-order valence-corrected chi connectivity index (χ1v) is 7.82. The number of nitrogens with zero attached hydrogens (tertiary/aromatic N) is 1. The van der Waals surface area contributed by atoms with Gasteiger partial charge < -0.3 is 9.29 Å². The monoisotopic (exact) mass is 305 g/mol. The maximum atomic E-state index is 12.0. The number of ether oxygens (including phenoxy) is 1. The molecule has 0 amide bonds. The molecule has 0 saturated carbocycles. The summed E-state index contributed by atoms with van der Waals surface area (Å²) in [6, 6.07) is 10.4. The zero-order valence-electron chi connectivity index (χ0n) is 12.0. The van der Waals surface area contributed by atoms with Gasteiger partial charge in [0, 0.05) is 11.6 Å². The average molecular weight is 305 g/mol. The van der Waals surface area contributed by atoms with Gasteiger partial charge in [-0.1, -0.05) is 18.2 Å². The van der Waals surface area contributed by atoms with E-state index in [1.54, 1.807) is 38.1 Å². The quantitative estimate of drug-likeness (QED) is 0.490. The number of benzene rings is 2. The van der Waals surface area contributed by atoms with Crippen LogP contribution in [0.1, 0.15) is 11.1 Å². The Morgan fingerprint density at radius 3 is 2.33 bits per heavy atom. The second-order valence-corrected chi connectivity index (χ2v) is 5.94. The summed E-state index contributed by atoms with van der Waals surface area (Å²) < 4.78 is 17.7. The van der Waals surface area contributed by atoms with Crippen molar-refractivity contribution in [1.29, 1.82) is 0 Å². The van der Waals surface area contributed by atoms with Crippen molar-refractivity contribution >= 4 is 16.9 Å². The van der Waals surface area contributed by atoms with Crippen LogP contribution in [0.4, 0.5) is 5.69 Å². The molecule has 0 fully saturated rings. The Balaban J connectivity index is 2.63. The summed E-state index contributed by atoms with van der Waals surface area (Å²) >= 11 is -1.31. The number of nitro benzene ring substituents is 1. The van der Waals surface area contributed by atoms with E-state index >= 15 is 0 Å². The van der Waals surface area contributed by atoms with Gasteiger partial charge in [0.05, 0.1) is 10.5 Å². The van der Waals surface area contributed by atoms with Gasteiger partial charge in [0.15, 0.2) is 10.6 Å². The van der Waals surface area contributed by atoms with E-state index in [2.05, 4.69) is 0 Å². The molecule has 0 aliphatic heterocycles. The lowest BCUT2D eigenvalue weighted by Crippen LogP contribution is -2.07. The lowest BCUT2D eigenvalue weighted by Gasteiger charge is -2.16. The highest BCUT2D eigenvalue weighted by Gasteiger charge is 2.27. The van der Waals surface area contributed by atoms with Gasteiger partial charge in [0.1, 0.15) is 12.0 Å². The molecule has 2 aromatic carbocycles. The van der Waals surface area contributed by atoms with Crippen LogP contribution < -0.4 is 4.74 Å². The van der Waals surface area contributed by atoms with Crippen LogP contribution in [0.3, 0.4) is 0 Å². The van der Waals surface area contributed by atoms with Gasteiger partial charge >= 0.3 is 0 Å². The molecule has 0 saturated heterocycles. The van der Waals surface area contributed by atoms with E-state index in [1.165, 1.54) is 12.3 Å². The van der Waals surface area contributed by atoms with Crippen LogP contribution in [0.5, 0.6) is 11.5 Å². The second-order valence-electron chi connectivity index (χ2n) is 4.62. The number of aryl methyl sites for hydroxylation is 1. The summed E-state index contributed by atoms with van der Waals surface area (Å²) in [6.07, 6.45) is 1.53. The van der Waals surface area contributed by atoms with Crippen LogP contribution in [-0.4, -0.2) is 15.7 Å². The van der Waals surface area contributed by atoms with E-state index in [9.17, 15) is 14.7 Å². The molecule has 0 bridgehead atoms. The lowest BCUT2D eigenvalue weighted by atomic mass is 10.1. The topological polar surface area (TPSA) is 75.4 Å². The Kier molecular flexibility index (Phi) is 4.50. The Bertz CT molecular complexity index is 671. The van der Waals surface area contributed by atoms with Crippen molar-refractivity contribution in [3.8, 4) is 11.5 Å². The van der Waals surface area contributed by atoms with Crippen molar-refractivity contribution in [2.75, 3.05) is 6.26 Å². The SMILES string of the molecule is Cc1cc([N+](=O)[O-])c(C)c(Oc2ccccc2)c1[S+](C)[O-].